The molecular weight excluding hydrogens is 280 g/mol. The van der Waals surface area contributed by atoms with Gasteiger partial charge < -0.3 is 11.5 Å². The predicted molar refractivity (Wildman–Crippen MR) is 76.4 cm³/mol. The molecule has 0 saturated carbocycles. The first kappa shape index (κ1) is 14.3. The molecule has 0 saturated heterocycles. The molecule has 1 heterocycles. The van der Waals surface area contributed by atoms with Gasteiger partial charge in [-0.05, 0) is 35.0 Å². The van der Waals surface area contributed by atoms with Gasteiger partial charge >= 0.3 is 0 Å². The van der Waals surface area contributed by atoms with Crippen molar-refractivity contribution in [3.05, 3.63) is 18.2 Å². The summed E-state index contributed by atoms with van der Waals surface area (Å²) >= 11 is 0. The van der Waals surface area contributed by atoms with Gasteiger partial charge in [0.1, 0.15) is 9.84 Å². The van der Waals surface area contributed by atoms with E-state index in [9.17, 15) is 8.42 Å². The van der Waals surface area contributed by atoms with Crippen molar-refractivity contribution in [2.24, 2.45) is 0 Å². The van der Waals surface area contributed by atoms with Crippen LogP contribution >= 0.6 is 0 Å². The highest BCUT2D eigenvalue weighted by Gasteiger charge is 2.12. The molecule has 8 nitrogen and oxygen atoms in total. The molecule has 2 aromatic rings. The van der Waals surface area contributed by atoms with E-state index in [1.807, 2.05) is 0 Å². The molecule has 0 aliphatic heterocycles. The molecule has 1 aromatic carbocycles. The molecule has 4 N–H and O–H groups in total. The molecule has 0 unspecified atom stereocenters. The maximum atomic E-state index is 11.1. The number of aryl methyl sites for hydroxylation is 1. The fraction of sp³-hybridized carbons (Fsp3) is 0.364. The monoisotopic (exact) mass is 296 g/mol. The molecule has 0 bridgehead atoms. The number of benzene rings is 1. The van der Waals surface area contributed by atoms with E-state index in [2.05, 4.69) is 15.5 Å². The van der Waals surface area contributed by atoms with Crippen LogP contribution in [-0.4, -0.2) is 40.6 Å². The third kappa shape index (κ3) is 3.44. The van der Waals surface area contributed by atoms with Gasteiger partial charge in [0.15, 0.2) is 5.82 Å². The first-order chi connectivity index (χ1) is 9.37. The minimum Gasteiger partial charge on any atom is -0.399 e. The fourth-order valence-electron chi connectivity index (χ4n) is 1.81. The van der Waals surface area contributed by atoms with E-state index < -0.39 is 9.84 Å². The Hall–Kier alpha value is -2.16. The van der Waals surface area contributed by atoms with Gasteiger partial charge in [-0.15, -0.1) is 5.10 Å². The van der Waals surface area contributed by atoms with Gasteiger partial charge in [-0.2, -0.15) is 0 Å². The van der Waals surface area contributed by atoms with Gasteiger partial charge in [0.2, 0.25) is 0 Å². The van der Waals surface area contributed by atoms with Crippen molar-refractivity contribution < 1.29 is 8.42 Å². The van der Waals surface area contributed by atoms with Crippen LogP contribution in [0.1, 0.15) is 6.42 Å². The lowest BCUT2D eigenvalue weighted by atomic mass is 10.1. The largest absolute Gasteiger partial charge is 0.399 e. The zero-order valence-corrected chi connectivity index (χ0v) is 11.8. The highest BCUT2D eigenvalue weighted by molar-refractivity contribution is 7.90. The van der Waals surface area contributed by atoms with Crippen LogP contribution in [0.4, 0.5) is 11.4 Å². The molecule has 0 fully saturated rings. The van der Waals surface area contributed by atoms with E-state index in [-0.39, 0.29) is 5.75 Å². The second-order valence-electron chi connectivity index (χ2n) is 4.56. The van der Waals surface area contributed by atoms with Crippen molar-refractivity contribution in [2.45, 2.75) is 13.0 Å². The topological polar surface area (TPSA) is 130 Å². The zero-order chi connectivity index (χ0) is 14.8. The average Bonchev–Trinajstić information content (AvgIpc) is 2.75. The number of sulfone groups is 1. The van der Waals surface area contributed by atoms with Crippen LogP contribution < -0.4 is 11.5 Å². The summed E-state index contributed by atoms with van der Waals surface area (Å²) in [6.07, 6.45) is 1.64. The quantitative estimate of drug-likeness (QED) is 0.739. The van der Waals surface area contributed by atoms with Crippen LogP contribution in [0.5, 0.6) is 0 Å². The van der Waals surface area contributed by atoms with Gasteiger partial charge in [-0.1, -0.05) is 0 Å². The highest BCUT2D eigenvalue weighted by atomic mass is 32.2. The lowest BCUT2D eigenvalue weighted by molar-refractivity contribution is 0.567. The molecule has 0 radical (unpaired) electrons. The Balaban J connectivity index is 2.20. The molecule has 108 valence electrons. The lowest BCUT2D eigenvalue weighted by Gasteiger charge is -2.07. The predicted octanol–water partition coefficient (Wildman–Crippen LogP) is -0.0608. The van der Waals surface area contributed by atoms with Crippen molar-refractivity contribution in [1.29, 1.82) is 0 Å². The summed E-state index contributed by atoms with van der Waals surface area (Å²) < 4.78 is 23.8. The summed E-state index contributed by atoms with van der Waals surface area (Å²) in [4.78, 5) is 0. The lowest BCUT2D eigenvalue weighted by Crippen LogP contribution is -2.10. The Kier molecular flexibility index (Phi) is 3.89. The Morgan fingerprint density at radius 3 is 2.70 bits per heavy atom. The van der Waals surface area contributed by atoms with Gasteiger partial charge in [0.25, 0.3) is 0 Å². The highest BCUT2D eigenvalue weighted by Crippen LogP contribution is 2.25. The maximum absolute atomic E-state index is 11.1. The summed E-state index contributed by atoms with van der Waals surface area (Å²) in [5, 5.41) is 11.4. The Labute approximate surface area is 116 Å². The molecule has 20 heavy (non-hydrogen) atoms. The normalized spacial score (nSPS) is 11.7. The SMILES string of the molecule is CS(=O)(=O)CCCn1nnnc1-c1ccc(N)cc1N. The van der Waals surface area contributed by atoms with Crippen molar-refractivity contribution >= 4 is 21.2 Å². The number of hydrogen-bond donors (Lipinski definition) is 2. The van der Waals surface area contributed by atoms with Crippen molar-refractivity contribution in [1.82, 2.24) is 20.2 Å². The third-order valence-electron chi connectivity index (χ3n) is 2.73. The molecule has 0 amide bonds. The number of tetrazole rings is 1. The number of anilines is 2. The number of rotatable bonds is 5. The van der Waals surface area contributed by atoms with E-state index in [4.69, 9.17) is 11.5 Å². The standard InChI is InChI=1S/C11H16N6O2S/c1-20(18,19)6-2-5-17-11(14-15-16-17)9-4-3-8(12)7-10(9)13/h3-4,7H,2,5-6,12-13H2,1H3. The van der Waals surface area contributed by atoms with Gasteiger partial charge in [0, 0.05) is 29.7 Å². The first-order valence-corrected chi connectivity index (χ1v) is 8.02. The minimum atomic E-state index is -2.99. The Morgan fingerprint density at radius 2 is 2.05 bits per heavy atom. The summed E-state index contributed by atoms with van der Waals surface area (Å²) in [5.74, 6) is 0.583. The third-order valence-corrected chi connectivity index (χ3v) is 3.76. The maximum Gasteiger partial charge on any atom is 0.184 e. The van der Waals surface area contributed by atoms with E-state index in [0.717, 1.165) is 0 Å². The van der Waals surface area contributed by atoms with Crippen molar-refractivity contribution in [3.8, 4) is 11.4 Å². The number of nitrogens with two attached hydrogens (primary N) is 2. The molecule has 1 aromatic heterocycles. The van der Waals surface area contributed by atoms with Crippen molar-refractivity contribution in [3.63, 3.8) is 0 Å². The van der Waals surface area contributed by atoms with E-state index in [1.54, 1.807) is 18.2 Å². The number of hydrogen-bond acceptors (Lipinski definition) is 7. The average molecular weight is 296 g/mol. The number of nitrogen functional groups attached to an aromatic ring is 2. The first-order valence-electron chi connectivity index (χ1n) is 5.96. The molecule has 9 heteroatoms. The van der Waals surface area contributed by atoms with Gasteiger partial charge in [-0.3, -0.25) is 0 Å². The minimum absolute atomic E-state index is 0.0868. The second-order valence-corrected chi connectivity index (χ2v) is 6.82. The van der Waals surface area contributed by atoms with Crippen LogP contribution in [0.3, 0.4) is 0 Å². The van der Waals surface area contributed by atoms with Crippen LogP contribution in [0, 0.1) is 0 Å². The number of nitrogens with zero attached hydrogens (tertiary/aromatic N) is 4. The Bertz CT molecular complexity index is 709. The molecule has 0 aliphatic carbocycles. The van der Waals surface area contributed by atoms with E-state index in [0.29, 0.717) is 35.7 Å². The van der Waals surface area contributed by atoms with Crippen LogP contribution in [0.2, 0.25) is 0 Å². The van der Waals surface area contributed by atoms with E-state index >= 15 is 0 Å². The zero-order valence-electron chi connectivity index (χ0n) is 11.0. The van der Waals surface area contributed by atoms with Crippen LogP contribution in [0.25, 0.3) is 11.4 Å². The molecule has 0 atom stereocenters. The van der Waals surface area contributed by atoms with Gasteiger partial charge in [0.05, 0.1) is 5.75 Å². The second kappa shape index (κ2) is 5.45. The smallest absolute Gasteiger partial charge is 0.184 e. The molecular formula is C11H16N6O2S. The molecule has 0 aliphatic rings. The van der Waals surface area contributed by atoms with E-state index in [1.165, 1.54) is 10.9 Å². The van der Waals surface area contributed by atoms with Crippen molar-refractivity contribution in [2.75, 3.05) is 23.5 Å². The summed E-state index contributed by atoms with van der Waals surface area (Å²) in [6, 6.07) is 5.08. The summed E-state index contributed by atoms with van der Waals surface area (Å²) in [6.45, 7) is 0.402. The fourth-order valence-corrected chi connectivity index (χ4v) is 2.46. The van der Waals surface area contributed by atoms with Crippen LogP contribution in [0.15, 0.2) is 18.2 Å². The molecule has 2 rings (SSSR count). The Morgan fingerprint density at radius 1 is 1.30 bits per heavy atom. The summed E-state index contributed by atoms with van der Waals surface area (Å²) in [7, 11) is -2.99. The molecule has 0 spiro atoms. The van der Waals surface area contributed by atoms with Gasteiger partial charge in [-0.25, -0.2) is 13.1 Å². The summed E-state index contributed by atoms with van der Waals surface area (Å²) in [5.41, 5.74) is 13.2. The van der Waals surface area contributed by atoms with Crippen LogP contribution in [-0.2, 0) is 16.4 Å². The number of aromatic nitrogens is 4.